The first-order valence-corrected chi connectivity index (χ1v) is 8.26. The van der Waals surface area contributed by atoms with E-state index in [1.165, 1.54) is 0 Å². The van der Waals surface area contributed by atoms with Crippen LogP contribution in [0.4, 0.5) is 0 Å². The minimum atomic E-state index is -0.188. The SMILES string of the molecule is COCC(C)NC(=O)c1ccc(OCc2ccc(Cl)cc2)c(OC)c1. The molecule has 1 N–H and O–H groups in total. The van der Waals surface area contributed by atoms with Crippen molar-refractivity contribution in [3.8, 4) is 11.5 Å². The Labute approximate surface area is 152 Å². The first kappa shape index (κ1) is 19.1. The average molecular weight is 364 g/mol. The summed E-state index contributed by atoms with van der Waals surface area (Å²) in [5, 5.41) is 3.54. The van der Waals surface area contributed by atoms with Gasteiger partial charge in [-0.2, -0.15) is 0 Å². The van der Waals surface area contributed by atoms with E-state index >= 15 is 0 Å². The molecule has 2 aromatic carbocycles. The average Bonchev–Trinajstić information content (AvgIpc) is 2.61. The number of hydrogen-bond acceptors (Lipinski definition) is 4. The minimum absolute atomic E-state index is 0.0793. The van der Waals surface area contributed by atoms with Crippen LogP contribution in [0, 0.1) is 0 Å². The first-order valence-electron chi connectivity index (χ1n) is 7.88. The number of carbonyl (C=O) groups excluding carboxylic acids is 1. The molecule has 0 aliphatic carbocycles. The molecule has 134 valence electrons. The second kappa shape index (κ2) is 9.30. The number of nitrogens with one attached hydrogen (secondary N) is 1. The highest BCUT2D eigenvalue weighted by molar-refractivity contribution is 6.30. The van der Waals surface area contributed by atoms with E-state index in [9.17, 15) is 4.79 Å². The van der Waals surface area contributed by atoms with Gasteiger partial charge in [-0.05, 0) is 42.8 Å². The molecule has 0 aliphatic rings. The number of ether oxygens (including phenoxy) is 3. The monoisotopic (exact) mass is 363 g/mol. The van der Waals surface area contributed by atoms with E-state index in [1.807, 2.05) is 31.2 Å². The molecule has 0 bridgehead atoms. The lowest BCUT2D eigenvalue weighted by molar-refractivity contribution is 0.0905. The molecule has 25 heavy (non-hydrogen) atoms. The molecular weight excluding hydrogens is 342 g/mol. The van der Waals surface area contributed by atoms with Gasteiger partial charge >= 0.3 is 0 Å². The van der Waals surface area contributed by atoms with Crippen molar-refractivity contribution in [2.45, 2.75) is 19.6 Å². The largest absolute Gasteiger partial charge is 0.493 e. The number of benzene rings is 2. The quantitative estimate of drug-likeness (QED) is 0.777. The van der Waals surface area contributed by atoms with Crippen LogP contribution < -0.4 is 14.8 Å². The molecule has 0 aromatic heterocycles. The molecule has 0 saturated heterocycles. The van der Waals surface area contributed by atoms with Crippen molar-refractivity contribution in [1.29, 1.82) is 0 Å². The summed E-state index contributed by atoms with van der Waals surface area (Å²) >= 11 is 5.87. The first-order chi connectivity index (χ1) is 12.0. The van der Waals surface area contributed by atoms with Gasteiger partial charge in [0.2, 0.25) is 0 Å². The number of rotatable bonds is 8. The fraction of sp³-hybridized carbons (Fsp3) is 0.316. The van der Waals surface area contributed by atoms with Gasteiger partial charge in [0.05, 0.1) is 13.7 Å². The van der Waals surface area contributed by atoms with Crippen molar-refractivity contribution in [2.75, 3.05) is 20.8 Å². The molecule has 0 saturated carbocycles. The summed E-state index contributed by atoms with van der Waals surface area (Å²) in [7, 11) is 3.14. The predicted octanol–water partition coefficient (Wildman–Crippen LogP) is 3.69. The van der Waals surface area contributed by atoms with Gasteiger partial charge < -0.3 is 19.5 Å². The maximum atomic E-state index is 12.2. The highest BCUT2D eigenvalue weighted by Crippen LogP contribution is 2.29. The molecule has 0 spiro atoms. The number of carbonyl (C=O) groups is 1. The summed E-state index contributed by atoms with van der Waals surface area (Å²) in [6.45, 7) is 2.71. The third-order valence-electron chi connectivity index (χ3n) is 3.53. The van der Waals surface area contributed by atoms with Crippen molar-refractivity contribution in [1.82, 2.24) is 5.32 Å². The fourth-order valence-corrected chi connectivity index (χ4v) is 2.39. The molecular formula is C19H22ClNO4. The van der Waals surface area contributed by atoms with E-state index < -0.39 is 0 Å². The zero-order valence-electron chi connectivity index (χ0n) is 14.5. The van der Waals surface area contributed by atoms with E-state index in [0.717, 1.165) is 5.56 Å². The summed E-state index contributed by atoms with van der Waals surface area (Å²) in [5.41, 5.74) is 1.49. The highest BCUT2D eigenvalue weighted by Gasteiger charge is 2.13. The Morgan fingerprint density at radius 3 is 2.48 bits per heavy atom. The summed E-state index contributed by atoms with van der Waals surface area (Å²) in [5.74, 6) is 0.882. The van der Waals surface area contributed by atoms with Crippen LogP contribution in [0.2, 0.25) is 5.02 Å². The Kier molecular flexibility index (Phi) is 7.10. The van der Waals surface area contributed by atoms with Gasteiger partial charge in [-0.25, -0.2) is 0 Å². The van der Waals surface area contributed by atoms with Crippen LogP contribution in [0.15, 0.2) is 42.5 Å². The maximum Gasteiger partial charge on any atom is 0.251 e. The number of methoxy groups -OCH3 is 2. The lowest BCUT2D eigenvalue weighted by Gasteiger charge is -2.15. The zero-order valence-corrected chi connectivity index (χ0v) is 15.3. The van der Waals surface area contributed by atoms with Crippen LogP contribution in [0.1, 0.15) is 22.8 Å². The smallest absolute Gasteiger partial charge is 0.251 e. The van der Waals surface area contributed by atoms with Crippen molar-refractivity contribution >= 4 is 17.5 Å². The normalized spacial score (nSPS) is 11.7. The number of halogens is 1. The molecule has 6 heteroatoms. The van der Waals surface area contributed by atoms with Crippen molar-refractivity contribution in [3.63, 3.8) is 0 Å². The molecule has 1 unspecified atom stereocenters. The molecule has 0 radical (unpaired) electrons. The summed E-state index contributed by atoms with van der Waals surface area (Å²) in [6.07, 6.45) is 0. The van der Waals surface area contributed by atoms with Crippen molar-refractivity contribution in [3.05, 3.63) is 58.6 Å². The Hall–Kier alpha value is -2.24. The van der Waals surface area contributed by atoms with E-state index in [0.29, 0.717) is 35.3 Å². The standard InChI is InChI=1S/C19H22ClNO4/c1-13(11-23-2)21-19(22)15-6-9-17(18(10-15)24-3)25-12-14-4-7-16(20)8-5-14/h4-10,13H,11-12H2,1-3H3,(H,21,22). The molecule has 0 aliphatic heterocycles. The van der Waals surface area contributed by atoms with Crippen molar-refractivity contribution in [2.24, 2.45) is 0 Å². The molecule has 0 heterocycles. The third kappa shape index (κ3) is 5.66. The van der Waals surface area contributed by atoms with Gasteiger partial charge in [0, 0.05) is 23.7 Å². The van der Waals surface area contributed by atoms with E-state index in [-0.39, 0.29) is 11.9 Å². The molecule has 1 atom stereocenters. The topological polar surface area (TPSA) is 56.8 Å². The maximum absolute atomic E-state index is 12.2. The molecule has 1 amide bonds. The second-order valence-electron chi connectivity index (χ2n) is 5.61. The van der Waals surface area contributed by atoms with Crippen LogP contribution in [-0.2, 0) is 11.3 Å². The van der Waals surface area contributed by atoms with Gasteiger partial charge in [-0.1, -0.05) is 23.7 Å². The Balaban J connectivity index is 2.05. The second-order valence-corrected chi connectivity index (χ2v) is 6.05. The molecule has 2 rings (SSSR count). The van der Waals surface area contributed by atoms with Gasteiger partial charge in [-0.3, -0.25) is 4.79 Å². The van der Waals surface area contributed by atoms with Crippen LogP contribution in [0.5, 0.6) is 11.5 Å². The highest BCUT2D eigenvalue weighted by atomic mass is 35.5. The van der Waals surface area contributed by atoms with Crippen LogP contribution in [-0.4, -0.2) is 32.8 Å². The van der Waals surface area contributed by atoms with Crippen LogP contribution >= 0.6 is 11.6 Å². The van der Waals surface area contributed by atoms with E-state index in [2.05, 4.69) is 5.32 Å². The third-order valence-corrected chi connectivity index (χ3v) is 3.78. The van der Waals surface area contributed by atoms with E-state index in [4.69, 9.17) is 25.8 Å². The fourth-order valence-electron chi connectivity index (χ4n) is 2.27. The molecule has 0 fully saturated rings. The molecule has 2 aromatic rings. The van der Waals surface area contributed by atoms with E-state index in [1.54, 1.807) is 32.4 Å². The van der Waals surface area contributed by atoms with Gasteiger partial charge in [-0.15, -0.1) is 0 Å². The van der Waals surface area contributed by atoms with Crippen molar-refractivity contribution < 1.29 is 19.0 Å². The minimum Gasteiger partial charge on any atom is -0.493 e. The zero-order chi connectivity index (χ0) is 18.2. The summed E-state index contributed by atoms with van der Waals surface area (Å²) < 4.78 is 16.2. The predicted molar refractivity (Wildman–Crippen MR) is 97.6 cm³/mol. The Morgan fingerprint density at radius 2 is 1.84 bits per heavy atom. The van der Waals surface area contributed by atoms with Gasteiger partial charge in [0.15, 0.2) is 11.5 Å². The lowest BCUT2D eigenvalue weighted by Crippen LogP contribution is -2.35. The van der Waals surface area contributed by atoms with Crippen LogP contribution in [0.25, 0.3) is 0 Å². The number of hydrogen-bond donors (Lipinski definition) is 1. The van der Waals surface area contributed by atoms with Gasteiger partial charge in [0.25, 0.3) is 5.91 Å². The van der Waals surface area contributed by atoms with Gasteiger partial charge in [0.1, 0.15) is 6.61 Å². The molecule has 5 nitrogen and oxygen atoms in total. The lowest BCUT2D eigenvalue weighted by atomic mass is 10.1. The Bertz CT molecular complexity index is 703. The summed E-state index contributed by atoms with van der Waals surface area (Å²) in [6, 6.07) is 12.4. The Morgan fingerprint density at radius 1 is 1.12 bits per heavy atom. The number of amides is 1. The summed E-state index contributed by atoms with van der Waals surface area (Å²) in [4.78, 5) is 12.2. The van der Waals surface area contributed by atoms with Crippen LogP contribution in [0.3, 0.4) is 0 Å².